The number of ether oxygens (including phenoxy) is 1. The SMILES string of the molecule is CCCc1nnc(SCC(=O)O)n1CC1(C)CCOCC1. The van der Waals surface area contributed by atoms with Crippen LogP contribution >= 0.6 is 11.8 Å². The molecule has 1 aromatic heterocycles. The number of nitrogens with zero attached hydrogens (tertiary/aromatic N) is 3. The largest absolute Gasteiger partial charge is 0.481 e. The third-order valence-electron chi connectivity index (χ3n) is 3.83. The van der Waals surface area contributed by atoms with E-state index in [4.69, 9.17) is 9.84 Å². The average Bonchev–Trinajstić information content (AvgIpc) is 2.80. The fourth-order valence-electron chi connectivity index (χ4n) is 2.52. The van der Waals surface area contributed by atoms with Gasteiger partial charge in [-0.3, -0.25) is 4.79 Å². The zero-order valence-corrected chi connectivity index (χ0v) is 13.5. The van der Waals surface area contributed by atoms with E-state index in [0.717, 1.165) is 51.3 Å². The number of rotatable bonds is 7. The van der Waals surface area contributed by atoms with Crippen LogP contribution in [0.1, 0.15) is 38.9 Å². The molecular weight excluding hydrogens is 290 g/mol. The van der Waals surface area contributed by atoms with E-state index in [0.29, 0.717) is 5.16 Å². The highest BCUT2D eigenvalue weighted by Crippen LogP contribution is 2.33. The Morgan fingerprint density at radius 2 is 2.14 bits per heavy atom. The van der Waals surface area contributed by atoms with Crippen molar-refractivity contribution in [3.63, 3.8) is 0 Å². The molecule has 118 valence electrons. The number of carbonyl (C=O) groups is 1. The van der Waals surface area contributed by atoms with Gasteiger partial charge in [-0.15, -0.1) is 10.2 Å². The summed E-state index contributed by atoms with van der Waals surface area (Å²) in [5.41, 5.74) is 0.168. The van der Waals surface area contributed by atoms with Crippen molar-refractivity contribution >= 4 is 17.7 Å². The van der Waals surface area contributed by atoms with Gasteiger partial charge in [-0.1, -0.05) is 25.6 Å². The van der Waals surface area contributed by atoms with Gasteiger partial charge in [0.05, 0.1) is 5.75 Å². The number of carboxylic acids is 1. The fraction of sp³-hybridized carbons (Fsp3) is 0.786. The maximum atomic E-state index is 10.8. The van der Waals surface area contributed by atoms with E-state index in [-0.39, 0.29) is 11.2 Å². The second kappa shape index (κ2) is 7.26. The number of aliphatic carboxylic acids is 1. The normalized spacial score (nSPS) is 17.8. The number of aryl methyl sites for hydroxylation is 1. The third-order valence-corrected chi connectivity index (χ3v) is 4.78. The predicted molar refractivity (Wildman–Crippen MR) is 80.5 cm³/mol. The van der Waals surface area contributed by atoms with Crippen molar-refractivity contribution in [3.8, 4) is 0 Å². The van der Waals surface area contributed by atoms with Crippen molar-refractivity contribution in [1.82, 2.24) is 14.8 Å². The van der Waals surface area contributed by atoms with E-state index in [9.17, 15) is 4.79 Å². The summed E-state index contributed by atoms with van der Waals surface area (Å²) in [6, 6.07) is 0. The van der Waals surface area contributed by atoms with Crippen LogP contribution in [0.25, 0.3) is 0 Å². The Morgan fingerprint density at radius 3 is 2.76 bits per heavy atom. The van der Waals surface area contributed by atoms with E-state index < -0.39 is 5.97 Å². The van der Waals surface area contributed by atoms with Gasteiger partial charge in [-0.25, -0.2) is 0 Å². The molecule has 1 aliphatic heterocycles. The Labute approximate surface area is 129 Å². The molecule has 6 nitrogen and oxygen atoms in total. The average molecular weight is 313 g/mol. The molecular formula is C14H23N3O3S. The summed E-state index contributed by atoms with van der Waals surface area (Å²) < 4.78 is 7.56. The van der Waals surface area contributed by atoms with E-state index in [2.05, 4.69) is 28.6 Å². The van der Waals surface area contributed by atoms with Crippen LogP contribution in [0.3, 0.4) is 0 Å². The maximum Gasteiger partial charge on any atom is 0.313 e. The van der Waals surface area contributed by atoms with Gasteiger partial charge in [0.2, 0.25) is 0 Å². The molecule has 0 amide bonds. The lowest BCUT2D eigenvalue weighted by Crippen LogP contribution is -2.31. The quantitative estimate of drug-likeness (QED) is 0.778. The number of hydrogen-bond acceptors (Lipinski definition) is 5. The van der Waals surface area contributed by atoms with Crippen LogP contribution in [0.5, 0.6) is 0 Å². The van der Waals surface area contributed by atoms with Crippen LogP contribution in [0.15, 0.2) is 5.16 Å². The van der Waals surface area contributed by atoms with E-state index in [1.807, 2.05) is 0 Å². The van der Waals surface area contributed by atoms with Crippen LogP contribution < -0.4 is 0 Å². The van der Waals surface area contributed by atoms with Gasteiger partial charge in [-0.2, -0.15) is 0 Å². The topological polar surface area (TPSA) is 77.2 Å². The lowest BCUT2D eigenvalue weighted by Gasteiger charge is -2.34. The molecule has 2 heterocycles. The molecule has 0 atom stereocenters. The molecule has 0 aromatic carbocycles. The molecule has 2 rings (SSSR count). The molecule has 0 saturated carbocycles. The summed E-state index contributed by atoms with van der Waals surface area (Å²) in [6.07, 6.45) is 3.90. The Balaban J connectivity index is 2.16. The lowest BCUT2D eigenvalue weighted by molar-refractivity contribution is -0.133. The molecule has 1 aromatic rings. The number of carboxylic acid groups (broad SMARTS) is 1. The van der Waals surface area contributed by atoms with Gasteiger partial charge < -0.3 is 14.4 Å². The molecule has 1 fully saturated rings. The Kier molecular flexibility index (Phi) is 5.64. The smallest absolute Gasteiger partial charge is 0.313 e. The monoisotopic (exact) mass is 313 g/mol. The van der Waals surface area contributed by atoms with Crippen molar-refractivity contribution in [3.05, 3.63) is 5.82 Å². The number of hydrogen-bond donors (Lipinski definition) is 1. The highest BCUT2D eigenvalue weighted by atomic mass is 32.2. The van der Waals surface area contributed by atoms with Gasteiger partial charge in [0.15, 0.2) is 5.16 Å². The van der Waals surface area contributed by atoms with Gasteiger partial charge in [0, 0.05) is 26.2 Å². The molecule has 0 spiro atoms. The van der Waals surface area contributed by atoms with Crippen LogP contribution in [0, 0.1) is 5.41 Å². The Morgan fingerprint density at radius 1 is 1.43 bits per heavy atom. The molecule has 0 radical (unpaired) electrons. The lowest BCUT2D eigenvalue weighted by atomic mass is 9.82. The maximum absolute atomic E-state index is 10.8. The molecule has 21 heavy (non-hydrogen) atoms. The second-order valence-electron chi connectivity index (χ2n) is 5.84. The minimum atomic E-state index is -0.830. The zero-order chi connectivity index (χ0) is 15.3. The van der Waals surface area contributed by atoms with Crippen molar-refractivity contribution in [1.29, 1.82) is 0 Å². The van der Waals surface area contributed by atoms with E-state index in [1.165, 1.54) is 11.8 Å². The van der Waals surface area contributed by atoms with Crippen LogP contribution in [0.4, 0.5) is 0 Å². The minimum absolute atomic E-state index is 0.0179. The molecule has 0 unspecified atom stereocenters. The van der Waals surface area contributed by atoms with Crippen molar-refractivity contribution in [2.75, 3.05) is 19.0 Å². The minimum Gasteiger partial charge on any atom is -0.481 e. The van der Waals surface area contributed by atoms with Crippen molar-refractivity contribution < 1.29 is 14.6 Å². The predicted octanol–water partition coefficient (Wildman–Crippen LogP) is 2.22. The highest BCUT2D eigenvalue weighted by molar-refractivity contribution is 7.99. The van der Waals surface area contributed by atoms with Crippen molar-refractivity contribution in [2.45, 2.75) is 51.2 Å². The van der Waals surface area contributed by atoms with Gasteiger partial charge in [0.1, 0.15) is 5.82 Å². The molecule has 1 N–H and O–H groups in total. The first-order chi connectivity index (χ1) is 10.0. The van der Waals surface area contributed by atoms with Crippen LogP contribution in [-0.2, 0) is 22.5 Å². The summed E-state index contributed by atoms with van der Waals surface area (Å²) in [6.45, 7) is 6.79. The zero-order valence-electron chi connectivity index (χ0n) is 12.7. The van der Waals surface area contributed by atoms with Crippen LogP contribution in [-0.4, -0.2) is 44.8 Å². The first-order valence-electron chi connectivity index (χ1n) is 7.38. The van der Waals surface area contributed by atoms with Crippen molar-refractivity contribution in [2.24, 2.45) is 5.41 Å². The second-order valence-corrected chi connectivity index (χ2v) is 6.78. The van der Waals surface area contributed by atoms with E-state index >= 15 is 0 Å². The molecule has 1 aliphatic rings. The standard InChI is InChI=1S/C14H23N3O3S/c1-3-4-11-15-16-13(21-9-12(18)19)17(11)10-14(2)5-7-20-8-6-14/h3-10H2,1-2H3,(H,18,19). The fourth-order valence-corrected chi connectivity index (χ4v) is 3.20. The van der Waals surface area contributed by atoms with Gasteiger partial charge in [0.25, 0.3) is 0 Å². The molecule has 7 heteroatoms. The summed E-state index contributed by atoms with van der Waals surface area (Å²) >= 11 is 1.25. The summed E-state index contributed by atoms with van der Waals surface area (Å²) in [5.74, 6) is 0.145. The Hall–Kier alpha value is -1.08. The van der Waals surface area contributed by atoms with Crippen LogP contribution in [0.2, 0.25) is 0 Å². The first-order valence-corrected chi connectivity index (χ1v) is 8.37. The van der Waals surface area contributed by atoms with E-state index in [1.54, 1.807) is 0 Å². The highest BCUT2D eigenvalue weighted by Gasteiger charge is 2.30. The molecule has 1 saturated heterocycles. The molecule has 0 aliphatic carbocycles. The summed E-state index contributed by atoms with van der Waals surface area (Å²) in [4.78, 5) is 10.8. The summed E-state index contributed by atoms with van der Waals surface area (Å²) in [5, 5.41) is 18.0. The molecule has 0 bridgehead atoms. The summed E-state index contributed by atoms with van der Waals surface area (Å²) in [7, 11) is 0. The Bertz CT molecular complexity index is 484. The third kappa shape index (κ3) is 4.44. The van der Waals surface area contributed by atoms with Gasteiger partial charge >= 0.3 is 5.97 Å². The number of thioether (sulfide) groups is 1. The first kappa shape index (κ1) is 16.3. The van der Waals surface area contributed by atoms with Gasteiger partial charge in [-0.05, 0) is 24.7 Å². The number of aromatic nitrogens is 3.